The molecular weight excluding hydrogens is 418 g/mol. The van der Waals surface area contributed by atoms with Crippen LogP contribution in [-0.2, 0) is 0 Å². The van der Waals surface area contributed by atoms with E-state index < -0.39 is 5.97 Å². The highest BCUT2D eigenvalue weighted by Gasteiger charge is 2.09. The number of ether oxygens (including phenoxy) is 2. The number of hydrogen-bond acceptors (Lipinski definition) is 4. The van der Waals surface area contributed by atoms with Crippen molar-refractivity contribution in [3.05, 3.63) is 94.0 Å². The summed E-state index contributed by atoms with van der Waals surface area (Å²) in [5.41, 5.74) is 2.48. The zero-order chi connectivity index (χ0) is 19.9. The Hall–Kier alpha value is -3.36. The lowest BCUT2D eigenvalue weighted by Crippen LogP contribution is -2.08. The molecule has 0 aliphatic heterocycles. The molecule has 0 aliphatic rings. The Labute approximate surface area is 171 Å². The van der Waals surface area contributed by atoms with Crippen molar-refractivity contribution in [2.45, 2.75) is 0 Å². The molecule has 28 heavy (non-hydrogen) atoms. The molecule has 0 saturated carbocycles. The summed E-state index contributed by atoms with van der Waals surface area (Å²) < 4.78 is 11.4. The van der Waals surface area contributed by atoms with E-state index in [9.17, 15) is 10.1 Å². The molecular formula is C23H16BrNO3. The monoisotopic (exact) mass is 433 g/mol. The number of allylic oxidation sites excluding steroid dienone is 1. The molecule has 4 nitrogen and oxygen atoms in total. The summed E-state index contributed by atoms with van der Waals surface area (Å²) in [6, 6.07) is 23.5. The SMILES string of the molecule is COc1ccc(/C(C#N)=C\c2cccc(OC(=O)c3cccc(Br)c3)c2)cc1. The molecule has 0 heterocycles. The second kappa shape index (κ2) is 9.03. The maximum Gasteiger partial charge on any atom is 0.343 e. The number of hydrogen-bond donors (Lipinski definition) is 0. The highest BCUT2D eigenvalue weighted by Crippen LogP contribution is 2.23. The molecule has 0 unspecified atom stereocenters. The predicted molar refractivity (Wildman–Crippen MR) is 112 cm³/mol. The minimum Gasteiger partial charge on any atom is -0.497 e. The topological polar surface area (TPSA) is 59.3 Å². The fourth-order valence-electron chi connectivity index (χ4n) is 2.57. The largest absolute Gasteiger partial charge is 0.497 e. The summed E-state index contributed by atoms with van der Waals surface area (Å²) in [4.78, 5) is 12.3. The Kier molecular flexibility index (Phi) is 6.25. The van der Waals surface area contributed by atoms with Crippen molar-refractivity contribution < 1.29 is 14.3 Å². The molecule has 0 aromatic heterocycles. The van der Waals surface area contributed by atoms with Gasteiger partial charge < -0.3 is 9.47 Å². The molecule has 5 heteroatoms. The summed E-state index contributed by atoms with van der Waals surface area (Å²) in [6.45, 7) is 0. The lowest BCUT2D eigenvalue weighted by atomic mass is 10.0. The van der Waals surface area contributed by atoms with E-state index in [0.717, 1.165) is 21.3 Å². The Morgan fingerprint density at radius 2 is 1.71 bits per heavy atom. The van der Waals surface area contributed by atoms with Gasteiger partial charge in [0.25, 0.3) is 0 Å². The average Bonchev–Trinajstić information content (AvgIpc) is 2.72. The maximum atomic E-state index is 12.3. The van der Waals surface area contributed by atoms with Crippen molar-refractivity contribution in [2.75, 3.05) is 7.11 Å². The lowest BCUT2D eigenvalue weighted by Gasteiger charge is -2.06. The summed E-state index contributed by atoms with van der Waals surface area (Å²) >= 11 is 3.34. The number of halogens is 1. The van der Waals surface area contributed by atoms with Crippen molar-refractivity contribution in [2.24, 2.45) is 0 Å². The van der Waals surface area contributed by atoms with Crippen LogP contribution in [-0.4, -0.2) is 13.1 Å². The summed E-state index contributed by atoms with van der Waals surface area (Å²) in [5.74, 6) is 0.686. The van der Waals surface area contributed by atoms with Gasteiger partial charge in [-0.1, -0.05) is 34.1 Å². The summed E-state index contributed by atoms with van der Waals surface area (Å²) in [6.07, 6.45) is 1.75. The molecule has 138 valence electrons. The first-order chi connectivity index (χ1) is 13.6. The van der Waals surface area contributed by atoms with E-state index in [1.807, 2.05) is 24.3 Å². The molecule has 0 N–H and O–H groups in total. The Morgan fingerprint density at radius 1 is 0.964 bits per heavy atom. The molecule has 0 fully saturated rings. The van der Waals surface area contributed by atoms with Gasteiger partial charge in [0.2, 0.25) is 0 Å². The summed E-state index contributed by atoms with van der Waals surface area (Å²) in [7, 11) is 1.59. The Bertz CT molecular complexity index is 1070. The van der Waals surface area contributed by atoms with Crippen LogP contribution in [0.4, 0.5) is 0 Å². The minimum absolute atomic E-state index is 0.408. The van der Waals surface area contributed by atoms with Crippen molar-refractivity contribution in [3.8, 4) is 17.6 Å². The number of carbonyl (C=O) groups is 1. The number of rotatable bonds is 5. The zero-order valence-electron chi connectivity index (χ0n) is 15.1. The van der Waals surface area contributed by atoms with E-state index in [2.05, 4.69) is 22.0 Å². The van der Waals surface area contributed by atoms with Crippen molar-refractivity contribution in [3.63, 3.8) is 0 Å². The van der Waals surface area contributed by atoms with Crippen molar-refractivity contribution in [1.29, 1.82) is 5.26 Å². The lowest BCUT2D eigenvalue weighted by molar-refractivity contribution is 0.0734. The van der Waals surface area contributed by atoms with Gasteiger partial charge >= 0.3 is 5.97 Å². The van der Waals surface area contributed by atoms with Gasteiger partial charge in [-0.15, -0.1) is 0 Å². The molecule has 0 saturated heterocycles. The number of esters is 1. The van der Waals surface area contributed by atoms with Crippen LogP contribution in [0.2, 0.25) is 0 Å². The molecule has 0 bridgehead atoms. The average molecular weight is 434 g/mol. The number of nitrogens with zero attached hydrogens (tertiary/aromatic N) is 1. The van der Waals surface area contributed by atoms with Crippen LogP contribution < -0.4 is 9.47 Å². The van der Waals surface area contributed by atoms with E-state index in [-0.39, 0.29) is 0 Å². The van der Waals surface area contributed by atoms with Crippen LogP contribution in [0.1, 0.15) is 21.5 Å². The van der Waals surface area contributed by atoms with Gasteiger partial charge in [0.15, 0.2) is 0 Å². The van der Waals surface area contributed by atoms with Gasteiger partial charge in [0.1, 0.15) is 11.5 Å². The van der Waals surface area contributed by atoms with E-state index in [1.54, 1.807) is 61.7 Å². The van der Waals surface area contributed by atoms with E-state index >= 15 is 0 Å². The fraction of sp³-hybridized carbons (Fsp3) is 0.0435. The number of methoxy groups -OCH3 is 1. The van der Waals surface area contributed by atoms with Crippen LogP contribution in [0.5, 0.6) is 11.5 Å². The summed E-state index contributed by atoms with van der Waals surface area (Å²) in [5, 5.41) is 9.52. The number of nitriles is 1. The van der Waals surface area contributed by atoms with Gasteiger partial charge in [0.05, 0.1) is 24.3 Å². The third kappa shape index (κ3) is 4.87. The highest BCUT2D eigenvalue weighted by molar-refractivity contribution is 9.10. The molecule has 3 rings (SSSR count). The predicted octanol–water partition coefficient (Wildman–Crippen LogP) is 5.74. The van der Waals surface area contributed by atoms with E-state index in [1.165, 1.54) is 0 Å². The van der Waals surface area contributed by atoms with Crippen LogP contribution >= 0.6 is 15.9 Å². The van der Waals surface area contributed by atoms with Gasteiger partial charge in [-0.3, -0.25) is 0 Å². The molecule has 0 atom stereocenters. The molecule has 0 spiro atoms. The Balaban J connectivity index is 1.82. The third-order valence-electron chi connectivity index (χ3n) is 3.96. The van der Waals surface area contributed by atoms with E-state index in [0.29, 0.717) is 16.9 Å². The van der Waals surface area contributed by atoms with Crippen LogP contribution in [0.15, 0.2) is 77.3 Å². The smallest absolute Gasteiger partial charge is 0.343 e. The first-order valence-electron chi connectivity index (χ1n) is 8.43. The molecule has 0 amide bonds. The molecule has 0 radical (unpaired) electrons. The van der Waals surface area contributed by atoms with Gasteiger partial charge in [-0.2, -0.15) is 5.26 Å². The van der Waals surface area contributed by atoms with Gasteiger partial charge in [0, 0.05) is 4.47 Å². The number of benzene rings is 3. The zero-order valence-corrected chi connectivity index (χ0v) is 16.6. The molecule has 3 aromatic rings. The molecule has 0 aliphatic carbocycles. The van der Waals surface area contributed by atoms with Crippen LogP contribution in [0.3, 0.4) is 0 Å². The second-order valence-electron chi connectivity index (χ2n) is 5.87. The highest BCUT2D eigenvalue weighted by atomic mass is 79.9. The van der Waals surface area contributed by atoms with Gasteiger partial charge in [-0.25, -0.2) is 4.79 Å². The quantitative estimate of drug-likeness (QED) is 0.222. The van der Waals surface area contributed by atoms with Gasteiger partial charge in [-0.05, 0) is 71.8 Å². The van der Waals surface area contributed by atoms with Crippen LogP contribution in [0.25, 0.3) is 11.6 Å². The standard InChI is InChI=1S/C23H16BrNO3/c1-27-21-10-8-17(9-11-21)19(15-25)12-16-4-2-7-22(13-16)28-23(26)18-5-3-6-20(24)14-18/h2-14H,1H3/b19-12-. The fourth-order valence-corrected chi connectivity index (χ4v) is 2.97. The molecule has 3 aromatic carbocycles. The second-order valence-corrected chi connectivity index (χ2v) is 6.79. The van der Waals surface area contributed by atoms with Crippen molar-refractivity contribution >= 4 is 33.5 Å². The maximum absolute atomic E-state index is 12.3. The van der Waals surface area contributed by atoms with E-state index in [4.69, 9.17) is 9.47 Å². The normalized spacial score (nSPS) is 10.8. The Morgan fingerprint density at radius 3 is 2.39 bits per heavy atom. The first kappa shape index (κ1) is 19.4. The number of carbonyl (C=O) groups excluding carboxylic acids is 1. The van der Waals surface area contributed by atoms with Crippen LogP contribution in [0, 0.1) is 11.3 Å². The third-order valence-corrected chi connectivity index (χ3v) is 4.45. The first-order valence-corrected chi connectivity index (χ1v) is 9.22. The van der Waals surface area contributed by atoms with Crippen molar-refractivity contribution in [1.82, 2.24) is 0 Å². The minimum atomic E-state index is -0.446.